The predicted octanol–water partition coefficient (Wildman–Crippen LogP) is -1.58. The summed E-state index contributed by atoms with van der Waals surface area (Å²) >= 11 is 0. The molecular formula is NO7SV2-3. The molecule has 0 saturated heterocycles. The zero-order chi connectivity index (χ0) is 8.08. The molecule has 0 saturated carbocycles. The van der Waals surface area contributed by atoms with E-state index in [-0.39, 0.29) is 37.1 Å². The topological polar surface area (TPSA) is 146 Å². The Labute approximate surface area is 85.4 Å². The van der Waals surface area contributed by atoms with Gasteiger partial charge in [-0.05, 0) is 0 Å². The quantitative estimate of drug-likeness (QED) is 0.221. The predicted molar refractivity (Wildman–Crippen MR) is 20.8 cm³/mol. The van der Waals surface area contributed by atoms with Crippen molar-refractivity contribution in [3.8, 4) is 0 Å². The summed E-state index contributed by atoms with van der Waals surface area (Å²) in [6.07, 6.45) is 0. The maximum Gasteiger partial charge on any atom is 0.0689 e. The maximum absolute atomic E-state index is 8.52. The van der Waals surface area contributed by atoms with E-state index in [0.29, 0.717) is 0 Å². The van der Waals surface area contributed by atoms with Gasteiger partial charge in [-0.15, -0.1) is 0 Å². The van der Waals surface area contributed by atoms with Gasteiger partial charge in [-0.25, -0.2) is 0 Å². The minimum absolute atomic E-state index is 0. The van der Waals surface area contributed by atoms with Gasteiger partial charge >= 0.3 is 0 Å². The van der Waals surface area contributed by atoms with Crippen molar-refractivity contribution in [3.05, 3.63) is 15.3 Å². The Morgan fingerprint density at radius 3 is 1.00 bits per heavy atom. The van der Waals surface area contributed by atoms with Crippen LogP contribution in [0.1, 0.15) is 0 Å². The summed E-state index contributed by atoms with van der Waals surface area (Å²) in [6, 6.07) is 0. The molecule has 0 bridgehead atoms. The molecule has 8 nitrogen and oxygen atoms in total. The first-order valence-electron chi connectivity index (χ1n) is 1.21. The van der Waals surface area contributed by atoms with E-state index in [2.05, 4.69) is 0 Å². The molecule has 0 unspecified atom stereocenters. The van der Waals surface area contributed by atoms with Crippen molar-refractivity contribution < 1.29 is 59.7 Å². The van der Waals surface area contributed by atoms with Gasteiger partial charge in [-0.1, -0.05) is 0 Å². The van der Waals surface area contributed by atoms with Crippen molar-refractivity contribution in [2.75, 3.05) is 0 Å². The summed E-state index contributed by atoms with van der Waals surface area (Å²) in [4.78, 5) is 8.25. The maximum atomic E-state index is 8.52. The van der Waals surface area contributed by atoms with Gasteiger partial charge in [0, 0.05) is 47.5 Å². The Kier molecular flexibility index (Phi) is 20.9. The van der Waals surface area contributed by atoms with Crippen molar-refractivity contribution in [2.45, 2.75) is 0 Å². The molecule has 0 aromatic rings. The second kappa shape index (κ2) is 10.2. The van der Waals surface area contributed by atoms with Crippen molar-refractivity contribution in [3.63, 3.8) is 0 Å². The molecule has 0 N–H and O–H groups in total. The third-order valence-corrected chi connectivity index (χ3v) is 0. The smallest absolute Gasteiger partial charge is 0.0689 e. The number of rotatable bonds is 0. The van der Waals surface area contributed by atoms with Gasteiger partial charge in [-0.2, -0.15) is 0 Å². The first-order valence-corrected chi connectivity index (χ1v) is 2.55. The van der Waals surface area contributed by atoms with Crippen LogP contribution in [-0.4, -0.2) is 22.6 Å². The monoisotopic (exact) mass is 260 g/mol. The third-order valence-electron chi connectivity index (χ3n) is 0. The first-order chi connectivity index (χ1) is 3.73. The van der Waals surface area contributed by atoms with E-state index in [1.807, 2.05) is 0 Å². The third kappa shape index (κ3) is 12200. The van der Waals surface area contributed by atoms with Gasteiger partial charge in [0.15, 0.2) is 0 Å². The first kappa shape index (κ1) is 22.5. The summed E-state index contributed by atoms with van der Waals surface area (Å²) in [5.74, 6) is 0. The fourth-order valence-electron chi connectivity index (χ4n) is 0. The molecular weight excluding hydrogens is 260 g/mol. The molecule has 0 aromatic carbocycles. The minimum atomic E-state index is -5.17. The van der Waals surface area contributed by atoms with Crippen LogP contribution in [0.4, 0.5) is 0 Å². The number of hydrogen-bond donors (Lipinski definition) is 0. The van der Waals surface area contributed by atoms with Crippen LogP contribution in [-0.2, 0) is 47.5 Å². The molecule has 11 heavy (non-hydrogen) atoms. The second-order valence-corrected chi connectivity index (χ2v) is 1.45. The molecule has 0 heterocycles. The van der Waals surface area contributed by atoms with Crippen molar-refractivity contribution in [1.82, 2.24) is 0 Å². The molecule has 0 aliphatic heterocycles. The van der Waals surface area contributed by atoms with Crippen LogP contribution in [0.25, 0.3) is 0 Å². The van der Waals surface area contributed by atoms with Crippen LogP contribution >= 0.6 is 0 Å². The van der Waals surface area contributed by atoms with E-state index in [4.69, 9.17) is 32.8 Å². The van der Waals surface area contributed by atoms with Gasteiger partial charge < -0.3 is 24.4 Å². The molecule has 11 heteroatoms. The van der Waals surface area contributed by atoms with Crippen molar-refractivity contribution in [1.29, 1.82) is 0 Å². The Hall–Kier alpha value is 0.239. The summed E-state index contributed by atoms with van der Waals surface area (Å²) in [5.41, 5.74) is 0. The molecule has 0 atom stereocenters. The van der Waals surface area contributed by atoms with Gasteiger partial charge in [0.2, 0.25) is 0 Å². The summed E-state index contributed by atoms with van der Waals surface area (Å²) in [7, 11) is -5.17. The normalized spacial score (nSPS) is 7.45. The molecule has 0 spiro atoms. The fraction of sp³-hybridized carbons (Fsp3) is 0. The second-order valence-electron chi connectivity index (χ2n) is 0.632. The van der Waals surface area contributed by atoms with Crippen LogP contribution in [0.5, 0.6) is 0 Å². The number of nitrogens with zero attached hydrogens (tertiary/aromatic N) is 1. The molecule has 0 fully saturated rings. The molecule has 0 amide bonds. The molecule has 0 aliphatic carbocycles. The average Bonchev–Trinajstić information content (AvgIpc) is 1.19. The summed E-state index contributed by atoms with van der Waals surface area (Å²) in [5, 5.41) is 14.8. The molecule has 0 aliphatic rings. The van der Waals surface area contributed by atoms with E-state index < -0.39 is 15.5 Å². The van der Waals surface area contributed by atoms with Crippen molar-refractivity contribution >= 4 is 10.4 Å². The van der Waals surface area contributed by atoms with E-state index in [1.165, 1.54) is 0 Å². The standard InChI is InChI=1S/NO3.H2O4S.2V/c2-1(3)4;1-5(2,3)4;;/h;(H2,1,2,3,4);;/q-1;;;/p-2. The van der Waals surface area contributed by atoms with E-state index in [1.54, 1.807) is 0 Å². The van der Waals surface area contributed by atoms with E-state index >= 15 is 0 Å². The van der Waals surface area contributed by atoms with E-state index in [0.717, 1.165) is 0 Å². The largest absolute Gasteiger partial charge is 0.759 e. The average molecular weight is 260 g/mol. The van der Waals surface area contributed by atoms with E-state index in [9.17, 15) is 0 Å². The Morgan fingerprint density at radius 1 is 1.00 bits per heavy atom. The van der Waals surface area contributed by atoms with Gasteiger partial charge in [0.05, 0.1) is 5.09 Å². The zero-order valence-corrected chi connectivity index (χ0v) is 8.22. The van der Waals surface area contributed by atoms with Crippen LogP contribution in [0.3, 0.4) is 0 Å². The number of hydrogen-bond acceptors (Lipinski definition) is 7. The molecule has 0 aromatic heterocycles. The zero-order valence-electron chi connectivity index (χ0n) is 4.61. The Balaban J connectivity index is -0.0000000383. The minimum Gasteiger partial charge on any atom is -0.759 e. The van der Waals surface area contributed by atoms with Crippen molar-refractivity contribution in [2.24, 2.45) is 0 Å². The summed E-state index contributed by atoms with van der Waals surface area (Å²) < 4.78 is 34.1. The SMILES string of the molecule is O=S(=O)([O-])[O-].O=[N+]([O-])[O-].[V].[V]. The van der Waals surface area contributed by atoms with Gasteiger partial charge in [0.1, 0.15) is 0 Å². The van der Waals surface area contributed by atoms with Crippen LogP contribution < -0.4 is 0 Å². The van der Waals surface area contributed by atoms with Crippen LogP contribution in [0.2, 0.25) is 0 Å². The Bertz CT molecular complexity index is 159. The van der Waals surface area contributed by atoms with Gasteiger partial charge in [0.25, 0.3) is 0 Å². The van der Waals surface area contributed by atoms with Gasteiger partial charge in [-0.3, -0.25) is 8.42 Å². The molecule has 2 radical (unpaired) electrons. The van der Waals surface area contributed by atoms with Crippen LogP contribution in [0, 0.1) is 15.3 Å². The fourth-order valence-corrected chi connectivity index (χ4v) is 0. The summed E-state index contributed by atoms with van der Waals surface area (Å²) in [6.45, 7) is 0. The Morgan fingerprint density at radius 2 is 1.00 bits per heavy atom. The van der Waals surface area contributed by atoms with Crippen LogP contribution in [0.15, 0.2) is 0 Å². The molecule has 66 valence electrons. The molecule has 0 rings (SSSR count).